The molecule has 9 heteroatoms. The van der Waals surface area contributed by atoms with Crippen LogP contribution in [0.25, 0.3) is 10.8 Å². The van der Waals surface area contributed by atoms with Crippen LogP contribution in [0.1, 0.15) is 10.4 Å². The second kappa shape index (κ2) is 8.63. The van der Waals surface area contributed by atoms with Gasteiger partial charge in [0.15, 0.2) is 11.0 Å². The van der Waals surface area contributed by atoms with Crippen molar-refractivity contribution in [1.82, 2.24) is 10.7 Å². The summed E-state index contributed by atoms with van der Waals surface area (Å²) in [6.07, 6.45) is 1.08. The number of thiocarbonyl (C=S) groups is 1. The highest BCUT2D eigenvalue weighted by Crippen LogP contribution is 2.22. The number of nitrogens with zero attached hydrogens (tertiary/aromatic N) is 2. The summed E-state index contributed by atoms with van der Waals surface area (Å²) < 4.78 is 0. The van der Waals surface area contributed by atoms with E-state index in [1.54, 1.807) is 36.4 Å². The quantitative estimate of drug-likeness (QED) is 0.276. The first kappa shape index (κ1) is 20.6. The Morgan fingerprint density at radius 2 is 1.77 bits per heavy atom. The Balaban J connectivity index is 1.49. The molecule has 0 bridgehead atoms. The first-order valence-electron chi connectivity index (χ1n) is 9.21. The van der Waals surface area contributed by atoms with Crippen LogP contribution in [0.15, 0.2) is 71.8 Å². The summed E-state index contributed by atoms with van der Waals surface area (Å²) in [5, 5.41) is 8.67. The van der Waals surface area contributed by atoms with Gasteiger partial charge in [0.1, 0.15) is 0 Å². The topological polar surface area (TPSA) is 90.9 Å². The summed E-state index contributed by atoms with van der Waals surface area (Å²) in [4.78, 5) is 38.7. The molecule has 0 aromatic heterocycles. The Kier molecular flexibility index (Phi) is 5.75. The van der Waals surface area contributed by atoms with Crippen LogP contribution >= 0.6 is 23.8 Å². The molecule has 3 amide bonds. The molecule has 1 fully saturated rings. The van der Waals surface area contributed by atoms with Crippen LogP contribution in [0.3, 0.4) is 0 Å². The number of rotatable bonds is 4. The Hall–Kier alpha value is -3.62. The molecule has 0 saturated carbocycles. The van der Waals surface area contributed by atoms with Crippen LogP contribution in [-0.4, -0.2) is 29.0 Å². The van der Waals surface area contributed by atoms with Gasteiger partial charge >= 0.3 is 0 Å². The van der Waals surface area contributed by atoms with Gasteiger partial charge in [-0.2, -0.15) is 5.10 Å². The van der Waals surface area contributed by atoms with E-state index in [1.165, 1.54) is 4.90 Å². The lowest BCUT2D eigenvalue weighted by Gasteiger charge is -2.30. The monoisotopic (exact) mass is 450 g/mol. The van der Waals surface area contributed by atoms with Crippen molar-refractivity contribution in [2.45, 2.75) is 0 Å². The molecule has 154 valence electrons. The lowest BCUT2D eigenvalue weighted by atomic mass is 10.1. The van der Waals surface area contributed by atoms with Crippen LogP contribution < -0.4 is 15.6 Å². The van der Waals surface area contributed by atoms with Crippen molar-refractivity contribution in [1.29, 1.82) is 0 Å². The third-order valence-corrected chi connectivity index (χ3v) is 5.22. The molecule has 4 rings (SSSR count). The highest BCUT2D eigenvalue weighted by molar-refractivity contribution is 7.80. The second-order valence-corrected chi connectivity index (χ2v) is 7.53. The number of nitrogens with one attached hydrogen (secondary N) is 2. The molecule has 3 aromatic rings. The zero-order valence-electron chi connectivity index (χ0n) is 15.9. The van der Waals surface area contributed by atoms with Crippen molar-refractivity contribution in [3.8, 4) is 0 Å². The highest BCUT2D eigenvalue weighted by Gasteiger charge is 2.38. The van der Waals surface area contributed by atoms with Gasteiger partial charge in [-0.25, -0.2) is 5.43 Å². The summed E-state index contributed by atoms with van der Waals surface area (Å²) in [5.74, 6) is -2.92. The van der Waals surface area contributed by atoms with Crippen LogP contribution in [0.4, 0.5) is 5.69 Å². The van der Waals surface area contributed by atoms with Gasteiger partial charge < -0.3 is 5.32 Å². The summed E-state index contributed by atoms with van der Waals surface area (Å²) in [6.45, 7) is 0. The Morgan fingerprint density at radius 1 is 1.06 bits per heavy atom. The number of fused-ring (bicyclic) bond motifs is 1. The zero-order chi connectivity index (χ0) is 22.0. The number of carbonyl (C=O) groups is 3. The molecule has 2 N–H and O–H groups in total. The number of amides is 3. The number of benzene rings is 3. The Bertz CT molecular complexity index is 1240. The lowest BCUT2D eigenvalue weighted by Crippen LogP contribution is -2.58. The van der Waals surface area contributed by atoms with Crippen molar-refractivity contribution in [2.75, 3.05) is 4.90 Å². The van der Waals surface area contributed by atoms with Gasteiger partial charge in [-0.3, -0.25) is 19.3 Å². The van der Waals surface area contributed by atoms with Crippen LogP contribution in [-0.2, 0) is 9.59 Å². The minimum absolute atomic E-state index is 0.0397. The average Bonchev–Trinajstić information content (AvgIpc) is 2.76. The molecule has 0 spiro atoms. The molecule has 0 aliphatic carbocycles. The molecule has 3 aromatic carbocycles. The average molecular weight is 451 g/mol. The molecule has 31 heavy (non-hydrogen) atoms. The smallest absolute Gasteiger partial charge is 0.271 e. The van der Waals surface area contributed by atoms with Gasteiger partial charge in [0, 0.05) is 16.8 Å². The molecule has 1 aliphatic heterocycles. The minimum atomic E-state index is -1.25. The van der Waals surface area contributed by atoms with E-state index in [1.807, 2.05) is 30.3 Å². The van der Waals surface area contributed by atoms with Crippen molar-refractivity contribution in [3.63, 3.8) is 0 Å². The van der Waals surface area contributed by atoms with E-state index >= 15 is 0 Å². The third-order valence-electron chi connectivity index (χ3n) is 4.69. The van der Waals surface area contributed by atoms with Crippen molar-refractivity contribution in [2.24, 2.45) is 11.0 Å². The predicted molar refractivity (Wildman–Crippen MR) is 123 cm³/mol. The van der Waals surface area contributed by atoms with Crippen molar-refractivity contribution in [3.05, 3.63) is 77.3 Å². The summed E-state index contributed by atoms with van der Waals surface area (Å²) >= 11 is 11.0. The van der Waals surface area contributed by atoms with Crippen molar-refractivity contribution >= 4 is 69.3 Å². The fourth-order valence-electron chi connectivity index (χ4n) is 3.12. The zero-order valence-corrected chi connectivity index (χ0v) is 17.5. The molecule has 0 radical (unpaired) electrons. The van der Waals surface area contributed by atoms with Crippen LogP contribution in [0.5, 0.6) is 0 Å². The van der Waals surface area contributed by atoms with Gasteiger partial charge in [-0.05, 0) is 59.4 Å². The fraction of sp³-hybridized carbons (Fsp3) is 0.0455. The number of halogens is 1. The van der Waals surface area contributed by atoms with Crippen LogP contribution in [0, 0.1) is 5.92 Å². The normalized spacial score (nSPS) is 16.6. The molecule has 1 heterocycles. The van der Waals surface area contributed by atoms with Gasteiger partial charge in [0.25, 0.3) is 11.8 Å². The molecule has 1 saturated heterocycles. The standard InChI is InChI=1S/C22H15ClN4O3S/c23-16-7-9-17(10-8-16)27-21(30)18(20(29)25-22(27)31)12-24-26-19(28)15-6-5-13-3-1-2-4-14(13)11-15/h1-12,18H,(H,26,28)(H,25,29,31)/b24-12-/t18-/m1/s1. The maximum absolute atomic E-state index is 12.9. The van der Waals surface area contributed by atoms with Gasteiger partial charge in [-0.1, -0.05) is 41.9 Å². The summed E-state index contributed by atoms with van der Waals surface area (Å²) in [6, 6.07) is 19.3. The molecular weight excluding hydrogens is 436 g/mol. The molecule has 0 unspecified atom stereocenters. The first-order chi connectivity index (χ1) is 14.9. The number of anilines is 1. The molecular formula is C22H15ClN4O3S. The van der Waals surface area contributed by atoms with Gasteiger partial charge in [-0.15, -0.1) is 0 Å². The van der Waals surface area contributed by atoms with E-state index in [9.17, 15) is 14.4 Å². The SMILES string of the molecule is O=C(N/N=C\[C@@H]1C(=O)NC(=S)N(c2ccc(Cl)cc2)C1=O)c1ccc2ccccc2c1. The molecule has 1 aliphatic rings. The Labute approximate surface area is 187 Å². The minimum Gasteiger partial charge on any atom is -0.301 e. The number of carbonyl (C=O) groups excluding carboxylic acids is 3. The largest absolute Gasteiger partial charge is 0.301 e. The van der Waals surface area contributed by atoms with Gasteiger partial charge in [0.2, 0.25) is 5.91 Å². The number of hydrazone groups is 1. The van der Waals surface area contributed by atoms with E-state index in [0.717, 1.165) is 17.0 Å². The maximum Gasteiger partial charge on any atom is 0.271 e. The summed E-state index contributed by atoms with van der Waals surface area (Å²) in [7, 11) is 0. The molecule has 1 atom stereocenters. The van der Waals surface area contributed by atoms with E-state index in [2.05, 4.69) is 15.8 Å². The highest BCUT2D eigenvalue weighted by atomic mass is 35.5. The van der Waals surface area contributed by atoms with E-state index in [4.69, 9.17) is 23.8 Å². The molecule has 7 nitrogen and oxygen atoms in total. The van der Waals surface area contributed by atoms with E-state index < -0.39 is 23.6 Å². The fourth-order valence-corrected chi connectivity index (χ4v) is 3.54. The number of hydrogen-bond acceptors (Lipinski definition) is 5. The maximum atomic E-state index is 12.9. The lowest BCUT2D eigenvalue weighted by molar-refractivity contribution is -0.130. The predicted octanol–water partition coefficient (Wildman–Crippen LogP) is 3.27. The number of hydrogen-bond donors (Lipinski definition) is 2. The van der Waals surface area contributed by atoms with Crippen molar-refractivity contribution < 1.29 is 14.4 Å². The first-order valence-corrected chi connectivity index (χ1v) is 9.99. The van der Waals surface area contributed by atoms with E-state index in [-0.39, 0.29) is 5.11 Å². The Morgan fingerprint density at radius 3 is 2.52 bits per heavy atom. The third kappa shape index (κ3) is 4.30. The van der Waals surface area contributed by atoms with E-state index in [0.29, 0.717) is 16.3 Å². The summed E-state index contributed by atoms with van der Waals surface area (Å²) in [5.41, 5.74) is 3.21. The van der Waals surface area contributed by atoms with Gasteiger partial charge in [0.05, 0.1) is 5.69 Å². The van der Waals surface area contributed by atoms with Crippen LogP contribution in [0.2, 0.25) is 5.02 Å². The second-order valence-electron chi connectivity index (χ2n) is 6.70.